The molecule has 14 heavy (non-hydrogen) atoms. The van der Waals surface area contributed by atoms with E-state index in [1.54, 1.807) is 0 Å². The molecule has 0 fully saturated rings. The average Bonchev–Trinajstić information content (AvgIpc) is 2.16. The van der Waals surface area contributed by atoms with Crippen LogP contribution in [0.4, 0.5) is 0 Å². The Morgan fingerprint density at radius 1 is 1.29 bits per heavy atom. The second-order valence-corrected chi connectivity index (χ2v) is 4.56. The van der Waals surface area contributed by atoms with Gasteiger partial charge in [-0.1, -0.05) is 32.8 Å². The highest BCUT2D eigenvalue weighted by Gasteiger charge is 2.02. The summed E-state index contributed by atoms with van der Waals surface area (Å²) in [4.78, 5) is 10.4. The molecule has 2 nitrogen and oxygen atoms in total. The molecule has 0 atom stereocenters. The van der Waals surface area contributed by atoms with Crippen LogP contribution >= 0.6 is 11.8 Å². The van der Waals surface area contributed by atoms with E-state index in [0.29, 0.717) is 12.0 Å². The number of carboxylic acids is 1. The number of hydrogen-bond donors (Lipinski definition) is 1. The van der Waals surface area contributed by atoms with Crippen LogP contribution in [0.15, 0.2) is 12.2 Å². The van der Waals surface area contributed by atoms with Crippen molar-refractivity contribution in [3.05, 3.63) is 12.2 Å². The van der Waals surface area contributed by atoms with Crippen molar-refractivity contribution < 1.29 is 9.90 Å². The third-order valence-electron chi connectivity index (χ3n) is 1.99. The van der Waals surface area contributed by atoms with Crippen LogP contribution in [-0.2, 0) is 4.79 Å². The first-order valence-electron chi connectivity index (χ1n) is 5.17. The smallest absolute Gasteiger partial charge is 0.330 e. The van der Waals surface area contributed by atoms with E-state index in [4.69, 9.17) is 5.11 Å². The molecule has 0 saturated carbocycles. The van der Waals surface area contributed by atoms with Crippen LogP contribution in [0.3, 0.4) is 0 Å². The summed E-state index contributed by atoms with van der Waals surface area (Å²) in [6.45, 7) is 5.69. The number of hydrogen-bond acceptors (Lipinski definition) is 2. The van der Waals surface area contributed by atoms with Gasteiger partial charge < -0.3 is 5.11 Å². The lowest BCUT2D eigenvalue weighted by molar-refractivity contribution is -0.132. The van der Waals surface area contributed by atoms with E-state index in [1.165, 1.54) is 25.7 Å². The lowest BCUT2D eigenvalue weighted by atomic mass is 10.2. The summed E-state index contributed by atoms with van der Waals surface area (Å²) < 4.78 is 0. The van der Waals surface area contributed by atoms with Gasteiger partial charge in [-0.05, 0) is 24.3 Å². The quantitative estimate of drug-likeness (QED) is 0.474. The Hall–Kier alpha value is -0.440. The zero-order valence-electron chi connectivity index (χ0n) is 8.92. The Labute approximate surface area is 90.8 Å². The standard InChI is InChI=1S/C11H20O2S/c1-3-4-5-6-8-14-9-7-10(2)11(12)13/h2-9H2,1H3,(H,12,13). The molecular formula is C11H20O2S. The highest BCUT2D eigenvalue weighted by Crippen LogP contribution is 2.11. The van der Waals surface area contributed by atoms with Crippen molar-refractivity contribution in [2.45, 2.75) is 39.0 Å². The number of unbranched alkanes of at least 4 members (excludes halogenated alkanes) is 3. The first-order valence-corrected chi connectivity index (χ1v) is 6.32. The Morgan fingerprint density at radius 3 is 2.57 bits per heavy atom. The van der Waals surface area contributed by atoms with Crippen LogP contribution in [0, 0.1) is 0 Å². The topological polar surface area (TPSA) is 37.3 Å². The van der Waals surface area contributed by atoms with Crippen LogP contribution < -0.4 is 0 Å². The average molecular weight is 216 g/mol. The number of aliphatic carboxylic acids is 1. The van der Waals surface area contributed by atoms with E-state index in [0.717, 1.165) is 11.5 Å². The van der Waals surface area contributed by atoms with Crippen LogP contribution in [0.2, 0.25) is 0 Å². The third kappa shape index (κ3) is 8.17. The first-order chi connectivity index (χ1) is 6.68. The summed E-state index contributed by atoms with van der Waals surface area (Å²) in [6.07, 6.45) is 5.72. The maximum absolute atomic E-state index is 10.4. The molecule has 1 N–H and O–H groups in total. The lowest BCUT2D eigenvalue weighted by Crippen LogP contribution is -2.00. The number of carboxylic acid groups (broad SMARTS) is 1. The zero-order chi connectivity index (χ0) is 10.8. The van der Waals surface area contributed by atoms with Gasteiger partial charge in [0, 0.05) is 5.57 Å². The summed E-state index contributed by atoms with van der Waals surface area (Å²) in [6, 6.07) is 0. The van der Waals surface area contributed by atoms with Gasteiger partial charge in [0.2, 0.25) is 0 Å². The van der Waals surface area contributed by atoms with Gasteiger partial charge in [-0.15, -0.1) is 0 Å². The normalized spacial score (nSPS) is 10.1. The molecule has 0 heterocycles. The highest BCUT2D eigenvalue weighted by molar-refractivity contribution is 7.99. The fraction of sp³-hybridized carbons (Fsp3) is 0.727. The van der Waals surface area contributed by atoms with Crippen molar-refractivity contribution in [3.8, 4) is 0 Å². The fourth-order valence-electron chi connectivity index (χ4n) is 1.04. The van der Waals surface area contributed by atoms with E-state index in [1.807, 2.05) is 11.8 Å². The van der Waals surface area contributed by atoms with Crippen molar-refractivity contribution in [2.24, 2.45) is 0 Å². The van der Waals surface area contributed by atoms with E-state index in [9.17, 15) is 4.79 Å². The number of rotatable bonds is 9. The van der Waals surface area contributed by atoms with Gasteiger partial charge in [-0.25, -0.2) is 4.79 Å². The SMILES string of the molecule is C=C(CCSCCCCCC)C(=O)O. The molecule has 0 aromatic rings. The van der Waals surface area contributed by atoms with Crippen LogP contribution in [-0.4, -0.2) is 22.6 Å². The molecule has 0 aromatic carbocycles. The maximum atomic E-state index is 10.4. The largest absolute Gasteiger partial charge is 0.478 e. The number of carbonyl (C=O) groups is 1. The molecular weight excluding hydrogens is 196 g/mol. The first kappa shape index (κ1) is 13.6. The van der Waals surface area contributed by atoms with Crippen LogP contribution in [0.25, 0.3) is 0 Å². The highest BCUT2D eigenvalue weighted by atomic mass is 32.2. The van der Waals surface area contributed by atoms with Crippen molar-refractivity contribution in [3.63, 3.8) is 0 Å². The van der Waals surface area contributed by atoms with Crippen molar-refractivity contribution in [1.29, 1.82) is 0 Å². The minimum Gasteiger partial charge on any atom is -0.478 e. The van der Waals surface area contributed by atoms with Gasteiger partial charge in [0.15, 0.2) is 0 Å². The predicted molar refractivity (Wildman–Crippen MR) is 62.9 cm³/mol. The zero-order valence-corrected chi connectivity index (χ0v) is 9.74. The molecule has 0 aliphatic rings. The second kappa shape index (κ2) is 9.13. The van der Waals surface area contributed by atoms with Crippen LogP contribution in [0.5, 0.6) is 0 Å². The molecule has 0 unspecified atom stereocenters. The molecule has 0 aromatic heterocycles. The summed E-state index contributed by atoms with van der Waals surface area (Å²) in [5.74, 6) is 1.17. The molecule has 82 valence electrons. The Kier molecular flexibility index (Phi) is 8.84. The maximum Gasteiger partial charge on any atom is 0.330 e. The van der Waals surface area contributed by atoms with Crippen LogP contribution in [0.1, 0.15) is 39.0 Å². The lowest BCUT2D eigenvalue weighted by Gasteiger charge is -2.01. The summed E-state index contributed by atoms with van der Waals surface area (Å²) >= 11 is 1.83. The molecule has 0 amide bonds. The minimum absolute atomic E-state index is 0.325. The predicted octanol–water partition coefficient (Wildman–Crippen LogP) is 3.33. The monoisotopic (exact) mass is 216 g/mol. The van der Waals surface area contributed by atoms with Gasteiger partial charge >= 0.3 is 5.97 Å². The summed E-state index contributed by atoms with van der Waals surface area (Å²) in [5, 5.41) is 8.55. The fourth-order valence-corrected chi connectivity index (χ4v) is 2.04. The van der Waals surface area contributed by atoms with E-state index >= 15 is 0 Å². The molecule has 0 rings (SSSR count). The molecule has 0 bridgehead atoms. The molecule has 0 aliphatic carbocycles. The third-order valence-corrected chi connectivity index (χ3v) is 3.06. The van der Waals surface area contributed by atoms with E-state index in [2.05, 4.69) is 13.5 Å². The van der Waals surface area contributed by atoms with E-state index in [-0.39, 0.29) is 0 Å². The van der Waals surface area contributed by atoms with Gasteiger partial charge in [-0.2, -0.15) is 11.8 Å². The van der Waals surface area contributed by atoms with Gasteiger partial charge in [0.1, 0.15) is 0 Å². The molecule has 3 heteroatoms. The Morgan fingerprint density at radius 2 is 2.00 bits per heavy atom. The second-order valence-electron chi connectivity index (χ2n) is 3.33. The van der Waals surface area contributed by atoms with Gasteiger partial charge in [-0.3, -0.25) is 0 Å². The van der Waals surface area contributed by atoms with Crippen molar-refractivity contribution in [2.75, 3.05) is 11.5 Å². The molecule has 0 radical (unpaired) electrons. The van der Waals surface area contributed by atoms with Gasteiger partial charge in [0.05, 0.1) is 0 Å². The summed E-state index contributed by atoms with van der Waals surface area (Å²) in [7, 11) is 0. The molecule has 0 aliphatic heterocycles. The molecule has 0 saturated heterocycles. The van der Waals surface area contributed by atoms with Gasteiger partial charge in [0.25, 0.3) is 0 Å². The molecule has 0 spiro atoms. The van der Waals surface area contributed by atoms with Crippen molar-refractivity contribution >= 4 is 17.7 Å². The minimum atomic E-state index is -0.864. The Balaban J connectivity index is 3.13. The Bertz CT molecular complexity index is 178. The van der Waals surface area contributed by atoms with E-state index < -0.39 is 5.97 Å². The van der Waals surface area contributed by atoms with Crippen molar-refractivity contribution in [1.82, 2.24) is 0 Å². The number of thioether (sulfide) groups is 1. The summed E-state index contributed by atoms with van der Waals surface area (Å²) in [5.41, 5.74) is 0.325.